The molecule has 0 heteroatoms. The van der Waals surface area contributed by atoms with Crippen LogP contribution in [0.3, 0.4) is 0 Å². The fourth-order valence-corrected chi connectivity index (χ4v) is 0.898. The van der Waals surface area contributed by atoms with Gasteiger partial charge < -0.3 is 0 Å². The van der Waals surface area contributed by atoms with Crippen LogP contribution in [-0.4, -0.2) is 0 Å². The van der Waals surface area contributed by atoms with Crippen LogP contribution >= 0.6 is 0 Å². The van der Waals surface area contributed by atoms with Crippen molar-refractivity contribution in [3.8, 4) is 0 Å². The largest absolute Gasteiger partial charge is 0.0810 e. The second-order valence-corrected chi connectivity index (χ2v) is 2.17. The molecule has 0 spiro atoms. The molecule has 1 aliphatic carbocycles. The Hall–Kier alpha value is -0.260. The molecule has 2 radical (unpaired) electrons. The molecule has 0 fully saturated rings. The SMILES string of the molecule is [C]1=C\CC[CH]CCC/1. The summed E-state index contributed by atoms with van der Waals surface area (Å²) in [5.74, 6) is 0. The van der Waals surface area contributed by atoms with E-state index in [4.69, 9.17) is 0 Å². The highest BCUT2D eigenvalue weighted by atomic mass is 14.0. The third kappa shape index (κ3) is 2.15. The van der Waals surface area contributed by atoms with Crippen molar-refractivity contribution in [2.24, 2.45) is 0 Å². The van der Waals surface area contributed by atoms with Crippen molar-refractivity contribution >= 4 is 0 Å². The Morgan fingerprint density at radius 3 is 3.12 bits per heavy atom. The molecular formula is C8H12. The monoisotopic (exact) mass is 108 g/mol. The molecule has 0 amide bonds. The first kappa shape index (κ1) is 5.87. The molecule has 1 aliphatic rings. The van der Waals surface area contributed by atoms with Gasteiger partial charge in [0.15, 0.2) is 0 Å². The Balaban J connectivity index is 2.17. The van der Waals surface area contributed by atoms with Crippen LogP contribution in [0.1, 0.15) is 32.1 Å². The van der Waals surface area contributed by atoms with Crippen molar-refractivity contribution in [2.75, 3.05) is 0 Å². The highest BCUT2D eigenvalue weighted by molar-refractivity contribution is 4.81. The molecule has 44 valence electrons. The van der Waals surface area contributed by atoms with Crippen molar-refractivity contribution in [3.63, 3.8) is 0 Å². The quantitative estimate of drug-likeness (QED) is 0.447. The van der Waals surface area contributed by atoms with E-state index in [1.165, 1.54) is 25.7 Å². The standard InChI is InChI=1S/C8H12/c1-2-4-6-8-7-5-3-1/h1,6H,2-5,7H2. The molecule has 0 saturated heterocycles. The molecule has 0 N–H and O–H groups in total. The molecule has 0 aliphatic heterocycles. The van der Waals surface area contributed by atoms with Crippen molar-refractivity contribution in [3.05, 3.63) is 18.6 Å². The molecule has 0 aromatic carbocycles. The summed E-state index contributed by atoms with van der Waals surface area (Å²) in [7, 11) is 0. The van der Waals surface area contributed by atoms with Gasteiger partial charge in [-0.1, -0.05) is 6.08 Å². The lowest BCUT2D eigenvalue weighted by molar-refractivity contribution is 0.749. The van der Waals surface area contributed by atoms with Gasteiger partial charge in [-0.25, -0.2) is 0 Å². The molecule has 0 aromatic heterocycles. The van der Waals surface area contributed by atoms with Gasteiger partial charge in [0.05, 0.1) is 0 Å². The van der Waals surface area contributed by atoms with Gasteiger partial charge in [-0.15, -0.1) is 0 Å². The molecule has 0 unspecified atom stereocenters. The number of hydrogen-bond acceptors (Lipinski definition) is 0. The first-order chi connectivity index (χ1) is 4.00. The van der Waals surface area contributed by atoms with Crippen LogP contribution in [-0.2, 0) is 0 Å². The van der Waals surface area contributed by atoms with Gasteiger partial charge >= 0.3 is 0 Å². The van der Waals surface area contributed by atoms with Crippen molar-refractivity contribution < 1.29 is 0 Å². The highest BCUT2D eigenvalue weighted by Gasteiger charge is 1.90. The fourth-order valence-electron chi connectivity index (χ4n) is 0.898. The zero-order chi connectivity index (χ0) is 5.66. The van der Waals surface area contributed by atoms with E-state index in [2.05, 4.69) is 18.6 Å². The van der Waals surface area contributed by atoms with E-state index >= 15 is 0 Å². The average molecular weight is 108 g/mol. The van der Waals surface area contributed by atoms with E-state index in [0.717, 1.165) is 6.42 Å². The number of hydrogen-bond donors (Lipinski definition) is 0. The molecule has 1 rings (SSSR count). The molecule has 0 aromatic rings. The Labute approximate surface area is 51.6 Å². The molecule has 0 heterocycles. The Morgan fingerprint density at radius 2 is 2.12 bits per heavy atom. The summed E-state index contributed by atoms with van der Waals surface area (Å²) >= 11 is 0. The summed E-state index contributed by atoms with van der Waals surface area (Å²) in [5, 5.41) is 0. The van der Waals surface area contributed by atoms with Crippen LogP contribution in [0, 0.1) is 12.5 Å². The Bertz CT molecular complexity index is 62.1. The minimum Gasteiger partial charge on any atom is -0.0810 e. The first-order valence-electron chi connectivity index (χ1n) is 3.37. The second kappa shape index (κ2) is 3.71. The van der Waals surface area contributed by atoms with Gasteiger partial charge in [0.1, 0.15) is 0 Å². The maximum atomic E-state index is 3.24. The van der Waals surface area contributed by atoms with Gasteiger partial charge in [0.25, 0.3) is 0 Å². The predicted molar refractivity (Wildman–Crippen MR) is 35.2 cm³/mol. The van der Waals surface area contributed by atoms with Crippen LogP contribution in [0.2, 0.25) is 0 Å². The van der Waals surface area contributed by atoms with E-state index < -0.39 is 0 Å². The zero-order valence-electron chi connectivity index (χ0n) is 5.19. The minimum absolute atomic E-state index is 1.16. The van der Waals surface area contributed by atoms with Crippen LogP contribution in [0.15, 0.2) is 6.08 Å². The summed E-state index contributed by atoms with van der Waals surface area (Å²) in [6.45, 7) is 0. The lowest BCUT2D eigenvalue weighted by Crippen LogP contribution is -1.81. The zero-order valence-corrected chi connectivity index (χ0v) is 5.19. The molecule has 0 bridgehead atoms. The average Bonchev–Trinajstić information content (AvgIpc) is 1.62. The summed E-state index contributed by atoms with van der Waals surface area (Å²) in [6, 6.07) is 0. The second-order valence-electron chi connectivity index (χ2n) is 2.17. The van der Waals surface area contributed by atoms with Crippen LogP contribution in [0.4, 0.5) is 0 Å². The third-order valence-electron chi connectivity index (χ3n) is 1.39. The highest BCUT2D eigenvalue weighted by Crippen LogP contribution is 2.08. The Morgan fingerprint density at radius 1 is 1.12 bits per heavy atom. The van der Waals surface area contributed by atoms with E-state index in [0.29, 0.717) is 0 Å². The summed E-state index contributed by atoms with van der Waals surface area (Å²) in [5.41, 5.74) is 0. The molecule has 8 heavy (non-hydrogen) atoms. The maximum Gasteiger partial charge on any atom is -0.0279 e. The van der Waals surface area contributed by atoms with Gasteiger partial charge in [0.2, 0.25) is 0 Å². The Kier molecular flexibility index (Phi) is 2.72. The van der Waals surface area contributed by atoms with Gasteiger partial charge in [0, 0.05) is 0 Å². The maximum absolute atomic E-state index is 3.24. The summed E-state index contributed by atoms with van der Waals surface area (Å²) in [6.07, 6.45) is 14.0. The molecule has 0 nitrogen and oxygen atoms in total. The van der Waals surface area contributed by atoms with Gasteiger partial charge in [-0.05, 0) is 44.6 Å². The molecule has 0 saturated carbocycles. The van der Waals surface area contributed by atoms with Crippen molar-refractivity contribution in [1.29, 1.82) is 0 Å². The van der Waals surface area contributed by atoms with Crippen LogP contribution in [0.25, 0.3) is 0 Å². The van der Waals surface area contributed by atoms with E-state index in [1.54, 1.807) is 0 Å². The van der Waals surface area contributed by atoms with E-state index in [-0.39, 0.29) is 0 Å². The number of rotatable bonds is 0. The third-order valence-corrected chi connectivity index (χ3v) is 1.39. The van der Waals surface area contributed by atoms with Gasteiger partial charge in [-0.2, -0.15) is 0 Å². The lowest BCUT2D eigenvalue weighted by Gasteiger charge is -1.99. The van der Waals surface area contributed by atoms with Crippen molar-refractivity contribution in [2.45, 2.75) is 32.1 Å². The number of allylic oxidation sites excluding steroid dienone is 2. The normalized spacial score (nSPS) is 26.0. The van der Waals surface area contributed by atoms with Crippen LogP contribution in [0.5, 0.6) is 0 Å². The van der Waals surface area contributed by atoms with Crippen LogP contribution < -0.4 is 0 Å². The van der Waals surface area contributed by atoms with E-state index in [1.807, 2.05) is 0 Å². The molecular weight excluding hydrogens is 96.1 g/mol. The minimum atomic E-state index is 1.16. The smallest absolute Gasteiger partial charge is 0.0279 e. The summed E-state index contributed by atoms with van der Waals surface area (Å²) in [4.78, 5) is 0. The van der Waals surface area contributed by atoms with Gasteiger partial charge in [-0.3, -0.25) is 0 Å². The predicted octanol–water partition coefficient (Wildman–Crippen LogP) is 2.51. The molecule has 0 atom stereocenters. The summed E-state index contributed by atoms with van der Waals surface area (Å²) < 4.78 is 0. The topological polar surface area (TPSA) is 0 Å². The fraction of sp³-hybridized carbons (Fsp3) is 0.625. The van der Waals surface area contributed by atoms with E-state index in [9.17, 15) is 0 Å². The van der Waals surface area contributed by atoms with Crippen molar-refractivity contribution in [1.82, 2.24) is 0 Å². The first-order valence-corrected chi connectivity index (χ1v) is 3.37. The lowest BCUT2D eigenvalue weighted by atomic mass is 10.1.